The van der Waals surface area contributed by atoms with E-state index >= 15 is 0 Å². The first-order valence-corrected chi connectivity index (χ1v) is 9.68. The lowest BCUT2D eigenvalue weighted by molar-refractivity contribution is 0.749. The van der Waals surface area contributed by atoms with Crippen LogP contribution in [0.4, 0.5) is 0 Å². The molecule has 1 aliphatic heterocycles. The Morgan fingerprint density at radius 3 is 2.76 bits per heavy atom. The van der Waals surface area contributed by atoms with Crippen LogP contribution >= 0.6 is 35.7 Å². The summed E-state index contributed by atoms with van der Waals surface area (Å²) in [6, 6.07) is 12.3. The van der Waals surface area contributed by atoms with Crippen LogP contribution < -0.4 is 0 Å². The second-order valence-electron chi connectivity index (χ2n) is 4.99. The third kappa shape index (κ3) is 3.52. The Morgan fingerprint density at radius 1 is 1.24 bits per heavy atom. The molecule has 2 nitrogen and oxygen atoms in total. The zero-order valence-corrected chi connectivity index (χ0v) is 14.4. The van der Waals surface area contributed by atoms with Gasteiger partial charge in [0.15, 0.2) is 0 Å². The van der Waals surface area contributed by atoms with Gasteiger partial charge in [-0.1, -0.05) is 49.5 Å². The molecule has 2 aromatic rings. The molecule has 0 bridgehead atoms. The van der Waals surface area contributed by atoms with Crippen molar-refractivity contribution in [2.75, 3.05) is 11.5 Å². The first-order valence-electron chi connectivity index (χ1n) is 7.18. The fourth-order valence-electron chi connectivity index (χ4n) is 2.54. The normalized spacial score (nSPS) is 22.1. The average molecular weight is 335 g/mol. The zero-order valence-electron chi connectivity index (χ0n) is 11.9. The second kappa shape index (κ2) is 6.99. The van der Waals surface area contributed by atoms with Gasteiger partial charge in [-0.15, -0.1) is 11.8 Å². The number of thioether (sulfide) groups is 2. The van der Waals surface area contributed by atoms with E-state index in [1.165, 1.54) is 17.9 Å². The highest BCUT2D eigenvalue weighted by Gasteiger charge is 2.28. The first kappa shape index (κ1) is 15.1. The lowest BCUT2D eigenvalue weighted by Crippen LogP contribution is -2.20. The van der Waals surface area contributed by atoms with Crippen LogP contribution in [0.25, 0.3) is 11.3 Å². The van der Waals surface area contributed by atoms with E-state index in [-0.39, 0.29) is 0 Å². The Balaban J connectivity index is 2.00. The standard InChI is InChI=1S/C16H18N2S3/c1-2-13-15(21-9-8-20-13)16-17-12(10-14(19)18-16)11-6-4-3-5-7-11/h3-7,10,13,15H,2,8-9H2,1H3,(H,17,18,19). The molecule has 0 amide bonds. The summed E-state index contributed by atoms with van der Waals surface area (Å²) in [5, 5.41) is 1.03. The number of H-pyrrole nitrogens is 1. The first-order chi connectivity index (χ1) is 10.3. The van der Waals surface area contributed by atoms with Crippen molar-refractivity contribution in [3.63, 3.8) is 0 Å². The predicted octanol–water partition coefficient (Wildman–Crippen LogP) is 5.11. The molecule has 1 N–H and O–H groups in total. The number of rotatable bonds is 3. The third-order valence-electron chi connectivity index (χ3n) is 3.57. The van der Waals surface area contributed by atoms with Gasteiger partial charge >= 0.3 is 0 Å². The zero-order chi connectivity index (χ0) is 14.7. The van der Waals surface area contributed by atoms with Crippen LogP contribution in [0.1, 0.15) is 24.4 Å². The number of aromatic nitrogens is 2. The van der Waals surface area contributed by atoms with Crippen molar-refractivity contribution in [2.24, 2.45) is 0 Å². The van der Waals surface area contributed by atoms with Gasteiger partial charge in [0.25, 0.3) is 0 Å². The predicted molar refractivity (Wildman–Crippen MR) is 96.6 cm³/mol. The molecule has 2 atom stereocenters. The minimum Gasteiger partial charge on any atom is -0.342 e. The quantitative estimate of drug-likeness (QED) is 0.790. The molecule has 5 heteroatoms. The molecule has 1 aromatic heterocycles. The van der Waals surface area contributed by atoms with Crippen molar-refractivity contribution in [2.45, 2.75) is 23.8 Å². The van der Waals surface area contributed by atoms with Crippen molar-refractivity contribution in [3.8, 4) is 11.3 Å². The maximum Gasteiger partial charge on any atom is 0.130 e. The summed E-state index contributed by atoms with van der Waals surface area (Å²) >= 11 is 9.44. The van der Waals surface area contributed by atoms with Crippen LogP contribution in [0, 0.1) is 4.64 Å². The van der Waals surface area contributed by atoms with E-state index < -0.39 is 0 Å². The fraction of sp³-hybridized carbons (Fsp3) is 0.375. The number of benzene rings is 1. The van der Waals surface area contributed by atoms with E-state index in [1.807, 2.05) is 36.0 Å². The van der Waals surface area contributed by atoms with E-state index in [0.29, 0.717) is 15.1 Å². The lowest BCUT2D eigenvalue weighted by Gasteiger charge is -2.29. The monoisotopic (exact) mass is 334 g/mol. The van der Waals surface area contributed by atoms with Crippen molar-refractivity contribution in [1.29, 1.82) is 0 Å². The summed E-state index contributed by atoms with van der Waals surface area (Å²) in [4.78, 5) is 8.13. The molecular formula is C16H18N2S3. The third-order valence-corrected chi connectivity index (χ3v) is 7.03. The minimum absolute atomic E-state index is 0.416. The van der Waals surface area contributed by atoms with Crippen LogP contribution in [0.3, 0.4) is 0 Å². The summed E-state index contributed by atoms with van der Waals surface area (Å²) in [5.41, 5.74) is 2.23. The van der Waals surface area contributed by atoms with Gasteiger partial charge in [0.1, 0.15) is 10.5 Å². The largest absolute Gasteiger partial charge is 0.342 e. The molecule has 1 aromatic carbocycles. The number of nitrogens with one attached hydrogen (secondary N) is 1. The molecule has 0 spiro atoms. The molecule has 0 aliphatic carbocycles. The van der Waals surface area contributed by atoms with E-state index in [4.69, 9.17) is 12.2 Å². The van der Waals surface area contributed by atoms with Gasteiger partial charge in [0.2, 0.25) is 0 Å². The van der Waals surface area contributed by atoms with Crippen LogP contribution in [-0.4, -0.2) is 26.7 Å². The maximum absolute atomic E-state index is 5.38. The highest BCUT2D eigenvalue weighted by molar-refractivity contribution is 8.06. The van der Waals surface area contributed by atoms with Crippen LogP contribution in [0.2, 0.25) is 0 Å². The van der Waals surface area contributed by atoms with Gasteiger partial charge in [0, 0.05) is 22.4 Å². The Hall–Kier alpha value is -0.780. The number of hydrogen-bond acceptors (Lipinski definition) is 4. The van der Waals surface area contributed by atoms with Gasteiger partial charge in [-0.3, -0.25) is 0 Å². The van der Waals surface area contributed by atoms with Gasteiger partial charge in [-0.2, -0.15) is 11.8 Å². The molecule has 110 valence electrons. The molecule has 3 rings (SSSR count). The average Bonchev–Trinajstić information content (AvgIpc) is 2.55. The van der Waals surface area contributed by atoms with E-state index in [9.17, 15) is 0 Å². The lowest BCUT2D eigenvalue weighted by atomic mass is 10.1. The Bertz CT molecular complexity index is 654. The SMILES string of the molecule is CCC1SCCSC1c1nc(=S)cc(-c2ccccc2)[nH]1. The van der Waals surface area contributed by atoms with Gasteiger partial charge in [-0.25, -0.2) is 4.98 Å². The van der Waals surface area contributed by atoms with Gasteiger partial charge in [-0.05, 0) is 18.1 Å². The second-order valence-corrected chi connectivity index (χ2v) is 8.01. The summed E-state index contributed by atoms with van der Waals surface area (Å²) in [5.74, 6) is 3.45. The molecular weight excluding hydrogens is 316 g/mol. The summed E-state index contributed by atoms with van der Waals surface area (Å²) in [7, 11) is 0. The van der Waals surface area contributed by atoms with E-state index in [2.05, 4.69) is 40.8 Å². The highest BCUT2D eigenvalue weighted by atomic mass is 32.2. The molecule has 1 fully saturated rings. The summed E-state index contributed by atoms with van der Waals surface area (Å²) in [6.07, 6.45) is 1.17. The Morgan fingerprint density at radius 2 is 2.00 bits per heavy atom. The van der Waals surface area contributed by atoms with Crippen LogP contribution in [0.15, 0.2) is 36.4 Å². The minimum atomic E-state index is 0.416. The Kier molecular flexibility index (Phi) is 5.03. The molecule has 0 radical (unpaired) electrons. The van der Waals surface area contributed by atoms with Gasteiger partial charge in [0.05, 0.1) is 5.25 Å². The van der Waals surface area contributed by atoms with Crippen molar-refractivity contribution >= 4 is 35.7 Å². The topological polar surface area (TPSA) is 28.7 Å². The molecule has 1 aliphatic rings. The van der Waals surface area contributed by atoms with E-state index in [0.717, 1.165) is 17.1 Å². The van der Waals surface area contributed by atoms with Crippen molar-refractivity contribution in [1.82, 2.24) is 9.97 Å². The molecule has 0 saturated carbocycles. The molecule has 2 heterocycles. The highest BCUT2D eigenvalue weighted by Crippen LogP contribution is 2.43. The summed E-state index contributed by atoms with van der Waals surface area (Å²) in [6.45, 7) is 2.26. The van der Waals surface area contributed by atoms with Crippen LogP contribution in [0.5, 0.6) is 0 Å². The van der Waals surface area contributed by atoms with Gasteiger partial charge < -0.3 is 4.98 Å². The molecule has 1 saturated heterocycles. The number of nitrogens with zero attached hydrogens (tertiary/aromatic N) is 1. The van der Waals surface area contributed by atoms with E-state index in [1.54, 1.807) is 0 Å². The molecule has 2 unspecified atom stereocenters. The van der Waals surface area contributed by atoms with Crippen molar-refractivity contribution in [3.05, 3.63) is 46.9 Å². The smallest absolute Gasteiger partial charge is 0.130 e. The number of aromatic amines is 1. The summed E-state index contributed by atoms with van der Waals surface area (Å²) < 4.78 is 0.675. The molecule has 21 heavy (non-hydrogen) atoms. The fourth-order valence-corrected chi connectivity index (χ4v) is 5.77. The number of hydrogen-bond donors (Lipinski definition) is 1. The Labute approximate surface area is 139 Å². The van der Waals surface area contributed by atoms with Crippen LogP contribution in [-0.2, 0) is 0 Å². The van der Waals surface area contributed by atoms with Crippen molar-refractivity contribution < 1.29 is 0 Å². The maximum atomic E-state index is 5.38.